The minimum atomic E-state index is -0.225. The van der Waals surface area contributed by atoms with Gasteiger partial charge in [-0.15, -0.1) is 0 Å². The van der Waals surface area contributed by atoms with E-state index >= 15 is 0 Å². The van der Waals surface area contributed by atoms with Crippen molar-refractivity contribution in [3.05, 3.63) is 56.4 Å². The second kappa shape index (κ2) is 6.93. The van der Waals surface area contributed by atoms with Crippen molar-refractivity contribution in [2.45, 2.75) is 13.8 Å². The highest BCUT2D eigenvalue weighted by Gasteiger charge is 2.19. The monoisotopic (exact) mass is 483 g/mol. The molecule has 4 aromatic heterocycles. The van der Waals surface area contributed by atoms with Crippen molar-refractivity contribution in [1.82, 2.24) is 23.6 Å². The van der Waals surface area contributed by atoms with E-state index in [2.05, 4.69) is 32.7 Å². The molecular weight excluding hydrogens is 469 g/mol. The molecule has 0 aliphatic rings. The van der Waals surface area contributed by atoms with Gasteiger partial charge < -0.3 is 4.18 Å². The largest absolute Gasteiger partial charge is 0.377 e. The summed E-state index contributed by atoms with van der Waals surface area (Å²) in [4.78, 5) is 17.5. The zero-order valence-electron chi connectivity index (χ0n) is 13.9. The van der Waals surface area contributed by atoms with Gasteiger partial charge in [0.1, 0.15) is 11.2 Å². The summed E-state index contributed by atoms with van der Waals surface area (Å²) in [5.74, 6) is 0.810. The molecule has 26 heavy (non-hydrogen) atoms. The summed E-state index contributed by atoms with van der Waals surface area (Å²) < 4.78 is 16.8. The number of hydrogen-bond donors (Lipinski definition) is 0. The molecule has 0 aromatic carbocycles. The van der Waals surface area contributed by atoms with Gasteiger partial charge in [-0.05, 0) is 54.6 Å². The molecule has 0 atom stereocenters. The van der Waals surface area contributed by atoms with Gasteiger partial charge in [0.05, 0.1) is 12.3 Å². The summed E-state index contributed by atoms with van der Waals surface area (Å²) in [6.07, 6.45) is 5.24. The molecule has 0 aliphatic heterocycles. The maximum atomic E-state index is 12.9. The molecule has 0 saturated carbocycles. The molecule has 0 aliphatic carbocycles. The average Bonchev–Trinajstić information content (AvgIpc) is 3.16. The number of hydrogen-bond acceptors (Lipinski definition) is 6. The molecule has 0 amide bonds. The van der Waals surface area contributed by atoms with Gasteiger partial charge in [-0.1, -0.05) is 0 Å². The van der Waals surface area contributed by atoms with E-state index in [4.69, 9.17) is 8.37 Å². The van der Waals surface area contributed by atoms with Gasteiger partial charge in [-0.2, -0.15) is 5.10 Å². The predicted octanol–water partition coefficient (Wildman–Crippen LogP) is 3.02. The van der Waals surface area contributed by atoms with E-state index in [0.717, 1.165) is 21.6 Å². The molecular formula is C16H14IN5O3S. The lowest BCUT2D eigenvalue weighted by atomic mass is 10.4. The lowest BCUT2D eigenvalue weighted by molar-refractivity contribution is 0.366. The Balaban J connectivity index is 1.94. The standard InChI is InChI=1S/C16H14IN5O3S/c1-3-24-26-25-16-14(18-13-5-4-11(17)9-21(13)16)20-6-7-22-12(15(20)23)8-10(2)19-22/h4-9H,3H2,1-2H3. The lowest BCUT2D eigenvalue weighted by Gasteiger charge is -2.07. The Labute approximate surface area is 166 Å². The van der Waals surface area contributed by atoms with Crippen molar-refractivity contribution in [3.8, 4) is 11.7 Å². The number of aryl methyl sites for hydroxylation is 1. The van der Waals surface area contributed by atoms with Crippen molar-refractivity contribution in [1.29, 1.82) is 0 Å². The number of fused-ring (bicyclic) bond motifs is 2. The van der Waals surface area contributed by atoms with E-state index in [1.165, 1.54) is 4.57 Å². The predicted molar refractivity (Wildman–Crippen MR) is 107 cm³/mol. The van der Waals surface area contributed by atoms with Gasteiger partial charge in [0.15, 0.2) is 0 Å². The molecule has 0 saturated heterocycles. The summed E-state index contributed by atoms with van der Waals surface area (Å²) >= 11 is 3.07. The zero-order valence-corrected chi connectivity index (χ0v) is 16.9. The van der Waals surface area contributed by atoms with Crippen LogP contribution in [0.25, 0.3) is 17.0 Å². The highest BCUT2D eigenvalue weighted by molar-refractivity contribution is 14.1. The molecule has 0 spiro atoms. The highest BCUT2D eigenvalue weighted by Crippen LogP contribution is 2.28. The number of rotatable bonds is 5. The van der Waals surface area contributed by atoms with Crippen molar-refractivity contribution in [2.24, 2.45) is 0 Å². The van der Waals surface area contributed by atoms with E-state index in [-0.39, 0.29) is 5.56 Å². The van der Waals surface area contributed by atoms with Crippen LogP contribution in [0.3, 0.4) is 0 Å². The molecule has 4 aromatic rings. The summed E-state index contributed by atoms with van der Waals surface area (Å²) in [5, 5.41) is 4.27. The third-order valence-electron chi connectivity index (χ3n) is 3.68. The van der Waals surface area contributed by atoms with Crippen LogP contribution in [0.15, 0.2) is 41.6 Å². The van der Waals surface area contributed by atoms with E-state index < -0.39 is 0 Å². The van der Waals surface area contributed by atoms with Gasteiger partial charge >= 0.3 is 0 Å². The Morgan fingerprint density at radius 2 is 2.15 bits per heavy atom. The Morgan fingerprint density at radius 3 is 2.96 bits per heavy atom. The fourth-order valence-electron chi connectivity index (χ4n) is 2.60. The molecule has 0 radical (unpaired) electrons. The summed E-state index contributed by atoms with van der Waals surface area (Å²) in [7, 11) is 0. The zero-order chi connectivity index (χ0) is 18.3. The first-order chi connectivity index (χ1) is 12.6. The third kappa shape index (κ3) is 2.97. The molecule has 134 valence electrons. The molecule has 0 fully saturated rings. The van der Waals surface area contributed by atoms with Gasteiger partial charge in [0.25, 0.3) is 11.4 Å². The SMILES string of the molecule is CCOSOc1c(-n2ccn3nc(C)cc3c2=O)nc2ccc(I)cn12. The smallest absolute Gasteiger partial charge is 0.282 e. The number of nitrogens with zero attached hydrogens (tertiary/aromatic N) is 5. The van der Waals surface area contributed by atoms with Gasteiger partial charge in [0, 0.05) is 22.2 Å². The molecule has 0 N–H and O–H groups in total. The van der Waals surface area contributed by atoms with Crippen LogP contribution < -0.4 is 9.74 Å². The van der Waals surface area contributed by atoms with Crippen molar-refractivity contribution in [3.63, 3.8) is 0 Å². The van der Waals surface area contributed by atoms with E-state index in [0.29, 0.717) is 29.5 Å². The molecule has 4 heterocycles. The second-order valence-electron chi connectivity index (χ2n) is 5.46. The Kier molecular flexibility index (Phi) is 4.63. The minimum Gasteiger partial charge on any atom is -0.377 e. The molecule has 10 heteroatoms. The van der Waals surface area contributed by atoms with Crippen LogP contribution in [0.2, 0.25) is 0 Å². The quantitative estimate of drug-likeness (QED) is 0.247. The average molecular weight is 483 g/mol. The van der Waals surface area contributed by atoms with Gasteiger partial charge in [-0.3, -0.25) is 17.9 Å². The first-order valence-electron chi connectivity index (χ1n) is 7.80. The van der Waals surface area contributed by atoms with Crippen LogP contribution in [0.1, 0.15) is 12.6 Å². The van der Waals surface area contributed by atoms with Gasteiger partial charge in [-0.25, -0.2) is 9.50 Å². The van der Waals surface area contributed by atoms with Crippen LogP contribution in [-0.2, 0) is 4.18 Å². The lowest BCUT2D eigenvalue weighted by Crippen LogP contribution is -2.20. The first-order valence-corrected chi connectivity index (χ1v) is 9.55. The van der Waals surface area contributed by atoms with Crippen LogP contribution in [-0.4, -0.2) is 30.2 Å². The highest BCUT2D eigenvalue weighted by atomic mass is 127. The molecule has 8 nitrogen and oxygen atoms in total. The second-order valence-corrected chi connectivity index (χ2v) is 7.25. The molecule has 0 unspecified atom stereocenters. The molecule has 0 bridgehead atoms. The van der Waals surface area contributed by atoms with E-state index in [1.807, 2.05) is 32.2 Å². The van der Waals surface area contributed by atoms with Crippen LogP contribution in [0.5, 0.6) is 5.88 Å². The number of imidazole rings is 1. The Hall–Kier alpha value is -2.05. The minimum absolute atomic E-state index is 0.225. The number of halogens is 1. The maximum absolute atomic E-state index is 12.9. The van der Waals surface area contributed by atoms with Crippen molar-refractivity contribution < 1.29 is 8.37 Å². The summed E-state index contributed by atoms with van der Waals surface area (Å²) in [6.45, 7) is 4.21. The maximum Gasteiger partial charge on any atom is 0.282 e. The van der Waals surface area contributed by atoms with Crippen LogP contribution in [0.4, 0.5) is 0 Å². The molecule has 4 rings (SSSR count). The van der Waals surface area contributed by atoms with E-state index in [1.54, 1.807) is 27.4 Å². The number of pyridine rings is 1. The Morgan fingerprint density at radius 1 is 1.31 bits per heavy atom. The van der Waals surface area contributed by atoms with Crippen LogP contribution in [0, 0.1) is 10.5 Å². The Bertz CT molecular complexity index is 1170. The van der Waals surface area contributed by atoms with Crippen molar-refractivity contribution in [2.75, 3.05) is 6.61 Å². The fraction of sp³-hybridized carbons (Fsp3) is 0.188. The van der Waals surface area contributed by atoms with Crippen molar-refractivity contribution >= 4 is 46.1 Å². The van der Waals surface area contributed by atoms with Crippen LogP contribution >= 0.6 is 34.9 Å². The number of aromatic nitrogens is 5. The fourth-order valence-corrected chi connectivity index (χ4v) is 3.42. The first kappa shape index (κ1) is 17.4. The summed E-state index contributed by atoms with van der Waals surface area (Å²) in [5.41, 5.74) is 1.69. The van der Waals surface area contributed by atoms with E-state index in [9.17, 15) is 4.79 Å². The summed E-state index contributed by atoms with van der Waals surface area (Å²) in [6, 6.07) is 5.56. The third-order valence-corrected chi connectivity index (χ3v) is 4.88. The topological polar surface area (TPSA) is 75.1 Å². The normalized spacial score (nSPS) is 11.5. The van der Waals surface area contributed by atoms with Gasteiger partial charge in [0.2, 0.25) is 18.1 Å².